The van der Waals surface area contributed by atoms with Crippen LogP contribution in [-0.4, -0.2) is 33.0 Å². The molecule has 3 rings (SSSR count). The number of aromatic nitrogens is 3. The van der Waals surface area contributed by atoms with Gasteiger partial charge in [0.2, 0.25) is 5.91 Å². The quantitative estimate of drug-likeness (QED) is 0.526. The minimum Gasteiger partial charge on any atom is -0.355 e. The molecule has 0 fully saturated rings. The normalized spacial score (nSPS) is 11.5. The van der Waals surface area contributed by atoms with Gasteiger partial charge in [-0.05, 0) is 48.7 Å². The summed E-state index contributed by atoms with van der Waals surface area (Å²) in [4.78, 5) is 12.1. The molecule has 1 amide bonds. The molecule has 1 aromatic heterocycles. The van der Waals surface area contributed by atoms with Gasteiger partial charge in [-0.15, -0.1) is 10.2 Å². The van der Waals surface area contributed by atoms with Crippen LogP contribution in [0.1, 0.15) is 16.7 Å². The van der Waals surface area contributed by atoms with E-state index in [4.69, 9.17) is 11.6 Å². The molecule has 0 radical (unpaired) electrons. The van der Waals surface area contributed by atoms with Crippen molar-refractivity contribution >= 4 is 29.3 Å². The standard InChI is InChI=1S/C20H18ClF3N4OS/c1-13-2-7-16(10-17(13)21)28-12-26-27-19(28)30-11-18(29)25-9-8-14-3-5-15(6-4-14)20(22,23)24/h2-7,10,12H,8-9,11H2,1H3,(H,25,29). The molecule has 0 bridgehead atoms. The van der Waals surface area contributed by atoms with Crippen LogP contribution in [0.5, 0.6) is 0 Å². The molecule has 3 aromatic rings. The monoisotopic (exact) mass is 454 g/mol. The zero-order chi connectivity index (χ0) is 21.7. The molecule has 0 atom stereocenters. The summed E-state index contributed by atoms with van der Waals surface area (Å²) in [6, 6.07) is 10.5. The number of amides is 1. The van der Waals surface area contributed by atoms with Gasteiger partial charge in [-0.3, -0.25) is 9.36 Å². The zero-order valence-corrected chi connectivity index (χ0v) is 17.5. The summed E-state index contributed by atoms with van der Waals surface area (Å²) in [7, 11) is 0. The second-order valence-corrected chi connectivity index (χ2v) is 7.85. The molecule has 30 heavy (non-hydrogen) atoms. The van der Waals surface area contributed by atoms with Crippen LogP contribution in [-0.2, 0) is 17.4 Å². The van der Waals surface area contributed by atoms with Crippen molar-refractivity contribution < 1.29 is 18.0 Å². The Labute approximate surface area is 180 Å². The Morgan fingerprint density at radius 3 is 2.60 bits per heavy atom. The van der Waals surface area contributed by atoms with Crippen molar-refractivity contribution in [3.8, 4) is 5.69 Å². The summed E-state index contributed by atoms with van der Waals surface area (Å²) >= 11 is 7.40. The first-order valence-corrected chi connectivity index (χ1v) is 10.3. The van der Waals surface area contributed by atoms with Crippen molar-refractivity contribution in [2.45, 2.75) is 24.7 Å². The van der Waals surface area contributed by atoms with Gasteiger partial charge in [-0.1, -0.05) is 41.6 Å². The van der Waals surface area contributed by atoms with E-state index in [0.29, 0.717) is 28.7 Å². The number of alkyl halides is 3. The first-order valence-electron chi connectivity index (χ1n) is 8.96. The summed E-state index contributed by atoms with van der Waals surface area (Å²) in [6.45, 7) is 2.23. The van der Waals surface area contributed by atoms with Gasteiger partial charge in [-0.25, -0.2) is 0 Å². The SMILES string of the molecule is Cc1ccc(-n2cnnc2SCC(=O)NCCc2ccc(C(F)(F)F)cc2)cc1Cl. The second kappa shape index (κ2) is 9.53. The van der Waals surface area contributed by atoms with E-state index in [1.807, 2.05) is 19.1 Å². The number of benzene rings is 2. The maximum absolute atomic E-state index is 12.6. The number of hydrogen-bond donors (Lipinski definition) is 1. The Hall–Kier alpha value is -2.52. The highest BCUT2D eigenvalue weighted by molar-refractivity contribution is 7.99. The smallest absolute Gasteiger partial charge is 0.355 e. The van der Waals surface area contributed by atoms with Gasteiger partial charge in [0, 0.05) is 11.6 Å². The summed E-state index contributed by atoms with van der Waals surface area (Å²) in [5.74, 6) is -0.0749. The number of carbonyl (C=O) groups excluding carboxylic acids is 1. The second-order valence-electron chi connectivity index (χ2n) is 6.50. The van der Waals surface area contributed by atoms with Gasteiger partial charge in [0.25, 0.3) is 0 Å². The fraction of sp³-hybridized carbons (Fsp3) is 0.250. The highest BCUT2D eigenvalue weighted by Crippen LogP contribution is 2.29. The summed E-state index contributed by atoms with van der Waals surface area (Å²) < 4.78 is 39.5. The molecule has 0 aliphatic heterocycles. The largest absolute Gasteiger partial charge is 0.416 e. The number of halogens is 4. The van der Waals surface area contributed by atoms with Gasteiger partial charge < -0.3 is 5.32 Å². The Morgan fingerprint density at radius 2 is 1.93 bits per heavy atom. The summed E-state index contributed by atoms with van der Waals surface area (Å²) in [5, 5.41) is 11.9. The van der Waals surface area contributed by atoms with Crippen LogP contribution in [0.15, 0.2) is 53.9 Å². The number of hydrogen-bond acceptors (Lipinski definition) is 4. The number of nitrogens with zero attached hydrogens (tertiary/aromatic N) is 3. The predicted octanol–water partition coefficient (Wildman–Crippen LogP) is 4.70. The molecular formula is C20H18ClF3N4OS. The first-order chi connectivity index (χ1) is 14.2. The van der Waals surface area contributed by atoms with E-state index in [0.717, 1.165) is 23.4 Å². The number of thioether (sulfide) groups is 1. The maximum Gasteiger partial charge on any atom is 0.416 e. The predicted molar refractivity (Wildman–Crippen MR) is 110 cm³/mol. The maximum atomic E-state index is 12.6. The van der Waals surface area contributed by atoms with Crippen LogP contribution in [0.4, 0.5) is 13.2 Å². The Kier molecular flexibility index (Phi) is 7.04. The zero-order valence-electron chi connectivity index (χ0n) is 15.9. The number of carbonyl (C=O) groups is 1. The van der Waals surface area contributed by atoms with E-state index in [2.05, 4.69) is 15.5 Å². The van der Waals surface area contributed by atoms with E-state index in [9.17, 15) is 18.0 Å². The van der Waals surface area contributed by atoms with Crippen molar-refractivity contribution in [3.63, 3.8) is 0 Å². The third kappa shape index (κ3) is 5.76. The van der Waals surface area contributed by atoms with Gasteiger partial charge >= 0.3 is 6.18 Å². The molecule has 1 N–H and O–H groups in total. The molecule has 0 saturated carbocycles. The van der Waals surface area contributed by atoms with Gasteiger partial charge in [0.1, 0.15) is 6.33 Å². The lowest BCUT2D eigenvalue weighted by atomic mass is 10.1. The Morgan fingerprint density at radius 1 is 1.20 bits per heavy atom. The lowest BCUT2D eigenvalue weighted by Crippen LogP contribution is -2.27. The van der Waals surface area contributed by atoms with E-state index in [1.165, 1.54) is 23.9 Å². The van der Waals surface area contributed by atoms with Gasteiger partial charge in [-0.2, -0.15) is 13.2 Å². The average Bonchev–Trinajstić information content (AvgIpc) is 3.17. The lowest BCUT2D eigenvalue weighted by Gasteiger charge is -2.09. The number of nitrogens with one attached hydrogen (secondary N) is 1. The molecular weight excluding hydrogens is 437 g/mol. The van der Waals surface area contributed by atoms with Crippen molar-refractivity contribution in [2.24, 2.45) is 0 Å². The molecule has 158 valence electrons. The summed E-state index contributed by atoms with van der Waals surface area (Å²) in [6.07, 6.45) is -2.37. The van der Waals surface area contributed by atoms with Crippen LogP contribution in [0.2, 0.25) is 5.02 Å². The first kappa shape index (κ1) is 22.2. The van der Waals surface area contributed by atoms with Gasteiger partial charge in [0.05, 0.1) is 17.0 Å². The van der Waals surface area contributed by atoms with Crippen LogP contribution >= 0.6 is 23.4 Å². The average molecular weight is 455 g/mol. The topological polar surface area (TPSA) is 59.8 Å². The van der Waals surface area contributed by atoms with E-state index in [-0.39, 0.29) is 11.7 Å². The fourth-order valence-corrected chi connectivity index (χ4v) is 3.55. The molecule has 0 spiro atoms. The molecule has 5 nitrogen and oxygen atoms in total. The molecule has 10 heteroatoms. The molecule has 0 aliphatic carbocycles. The minimum atomic E-state index is -4.35. The van der Waals surface area contributed by atoms with E-state index in [1.54, 1.807) is 17.0 Å². The minimum absolute atomic E-state index is 0.130. The molecule has 0 aliphatic rings. The van der Waals surface area contributed by atoms with Crippen LogP contribution in [0.25, 0.3) is 5.69 Å². The molecule has 2 aromatic carbocycles. The highest BCUT2D eigenvalue weighted by Gasteiger charge is 2.29. The van der Waals surface area contributed by atoms with Crippen LogP contribution < -0.4 is 5.32 Å². The third-order valence-electron chi connectivity index (χ3n) is 4.30. The Balaban J connectivity index is 1.49. The van der Waals surface area contributed by atoms with Gasteiger partial charge in [0.15, 0.2) is 5.16 Å². The van der Waals surface area contributed by atoms with E-state index >= 15 is 0 Å². The third-order valence-corrected chi connectivity index (χ3v) is 5.65. The van der Waals surface area contributed by atoms with Crippen molar-refractivity contribution in [1.29, 1.82) is 0 Å². The summed E-state index contributed by atoms with van der Waals surface area (Å²) in [5.41, 5.74) is 1.77. The molecule has 0 unspecified atom stereocenters. The number of aryl methyl sites for hydroxylation is 1. The molecule has 1 heterocycles. The van der Waals surface area contributed by atoms with Crippen LogP contribution in [0.3, 0.4) is 0 Å². The van der Waals surface area contributed by atoms with Crippen molar-refractivity contribution in [2.75, 3.05) is 12.3 Å². The van der Waals surface area contributed by atoms with Crippen molar-refractivity contribution in [1.82, 2.24) is 20.1 Å². The number of rotatable bonds is 7. The Bertz CT molecular complexity index is 1020. The van der Waals surface area contributed by atoms with Crippen molar-refractivity contribution in [3.05, 3.63) is 70.5 Å². The highest BCUT2D eigenvalue weighted by atomic mass is 35.5. The fourth-order valence-electron chi connectivity index (χ4n) is 2.62. The van der Waals surface area contributed by atoms with E-state index < -0.39 is 11.7 Å². The molecule has 0 saturated heterocycles. The van der Waals surface area contributed by atoms with Crippen LogP contribution in [0, 0.1) is 6.92 Å². The lowest BCUT2D eigenvalue weighted by molar-refractivity contribution is -0.137.